The molecule has 1 rings (SSSR count). The van der Waals surface area contributed by atoms with Crippen LogP contribution in [0.2, 0.25) is 10.0 Å². The molecule has 0 bridgehead atoms. The van der Waals surface area contributed by atoms with E-state index in [1.54, 1.807) is 43.4 Å². The smallest absolute Gasteiger partial charge is 0.117 e. The first-order valence-corrected chi connectivity index (χ1v) is 5.46. The van der Waals surface area contributed by atoms with Gasteiger partial charge in [-0.05, 0) is 12.1 Å². The van der Waals surface area contributed by atoms with Crippen molar-refractivity contribution in [3.8, 4) is 0 Å². The number of hydrogen-bond donors (Lipinski definition) is 1. The maximum atomic E-state index is 7.56. The summed E-state index contributed by atoms with van der Waals surface area (Å²) in [5, 5.41) is 8.69. The van der Waals surface area contributed by atoms with E-state index in [1.165, 1.54) is 0 Å². The predicted molar refractivity (Wildman–Crippen MR) is 85.8 cm³/mol. The number of aliphatic imine (C=N–C) groups is 1. The van der Waals surface area contributed by atoms with E-state index in [0.29, 0.717) is 28.0 Å². The second-order valence-electron chi connectivity index (χ2n) is 3.45. The van der Waals surface area contributed by atoms with Gasteiger partial charge in [0.05, 0.1) is 16.6 Å². The summed E-state index contributed by atoms with van der Waals surface area (Å²) in [5.41, 5.74) is 0.692. The Hall–Kier alpha value is -0.330. The molecule has 0 spiro atoms. The van der Waals surface area contributed by atoms with Crippen LogP contribution in [0.15, 0.2) is 23.2 Å². The Morgan fingerprint density at radius 1 is 1.35 bits per heavy atom. The number of halogens is 3. The van der Waals surface area contributed by atoms with Crippen LogP contribution in [0, 0.1) is 5.41 Å². The monoisotopic (exact) mass is 385 g/mol. The summed E-state index contributed by atoms with van der Waals surface area (Å²) in [5.74, 6) is 0.430. The lowest BCUT2D eigenvalue weighted by atomic mass is 10.2. The largest absolute Gasteiger partial charge is 0.365 e. The Morgan fingerprint density at radius 2 is 1.88 bits per heavy atom. The van der Waals surface area contributed by atoms with Crippen LogP contribution in [-0.4, -0.2) is 37.6 Å². The first-order valence-electron chi connectivity index (χ1n) is 4.71. The van der Waals surface area contributed by atoms with Crippen LogP contribution in [0.3, 0.4) is 0 Å². The number of nitrogens with zero attached hydrogens (tertiary/aromatic N) is 2. The third-order valence-corrected chi connectivity index (χ3v) is 2.66. The second-order valence-corrected chi connectivity index (χ2v) is 4.26. The van der Waals surface area contributed by atoms with Crippen LogP contribution >= 0.6 is 47.2 Å². The molecule has 0 saturated carbocycles. The van der Waals surface area contributed by atoms with Crippen molar-refractivity contribution < 1.29 is 0 Å². The summed E-state index contributed by atoms with van der Waals surface area (Å²) in [6.45, 7) is 0.314. The van der Waals surface area contributed by atoms with Gasteiger partial charge >= 0.3 is 0 Å². The van der Waals surface area contributed by atoms with Gasteiger partial charge in [-0.2, -0.15) is 0 Å². The Balaban J connectivity index is 0.00000256. The third-order valence-electron chi connectivity index (χ3n) is 2.00. The molecule has 0 unspecified atom stereocenters. The van der Waals surface area contributed by atoms with Crippen molar-refractivity contribution >= 4 is 59.2 Å². The molecule has 0 radical (unpaired) electrons. The highest BCUT2D eigenvalue weighted by Gasteiger charge is 2.02. The average molecular weight is 386 g/mol. The summed E-state index contributed by atoms with van der Waals surface area (Å²) < 4.78 is 0. The molecule has 94 valence electrons. The van der Waals surface area contributed by atoms with Gasteiger partial charge in [-0.15, -0.1) is 24.0 Å². The standard InChI is InChI=1S/C11H13Cl2N3.HI/c1-16(2)11(14)7-15-6-8-9(12)4-3-5-10(8)13;/h3-6,14H,7H2,1-2H3;1H. The Bertz CT molecular complexity index is 399. The maximum Gasteiger partial charge on any atom is 0.117 e. The van der Waals surface area contributed by atoms with Gasteiger partial charge in [-0.3, -0.25) is 10.4 Å². The third kappa shape index (κ3) is 5.23. The normalized spacial score (nSPS) is 10.1. The fourth-order valence-electron chi connectivity index (χ4n) is 0.999. The van der Waals surface area contributed by atoms with E-state index in [4.69, 9.17) is 28.6 Å². The lowest BCUT2D eigenvalue weighted by molar-refractivity contribution is 0.607. The number of hydrogen-bond acceptors (Lipinski definition) is 2. The molecule has 1 N–H and O–H groups in total. The molecule has 0 heterocycles. The van der Waals surface area contributed by atoms with E-state index in [2.05, 4.69) is 4.99 Å². The van der Waals surface area contributed by atoms with Crippen molar-refractivity contribution in [3.63, 3.8) is 0 Å². The van der Waals surface area contributed by atoms with Crippen molar-refractivity contribution in [3.05, 3.63) is 33.8 Å². The van der Waals surface area contributed by atoms with E-state index in [-0.39, 0.29) is 24.0 Å². The minimum absolute atomic E-state index is 0. The highest BCUT2D eigenvalue weighted by atomic mass is 127. The minimum atomic E-state index is 0. The van der Waals surface area contributed by atoms with Gasteiger partial charge in [0.2, 0.25) is 0 Å². The summed E-state index contributed by atoms with van der Waals surface area (Å²) in [7, 11) is 3.61. The van der Waals surface area contributed by atoms with Crippen LogP contribution in [-0.2, 0) is 0 Å². The molecule has 17 heavy (non-hydrogen) atoms. The molecule has 3 nitrogen and oxygen atoms in total. The van der Waals surface area contributed by atoms with Gasteiger partial charge in [0.1, 0.15) is 5.84 Å². The SMILES string of the molecule is CN(C)C(=N)CN=Cc1c(Cl)cccc1Cl.I. The lowest BCUT2D eigenvalue weighted by Gasteiger charge is -2.10. The Labute approximate surface area is 128 Å². The number of nitrogens with one attached hydrogen (secondary N) is 1. The molecule has 0 fully saturated rings. The molecule has 0 saturated heterocycles. The van der Waals surface area contributed by atoms with E-state index in [0.717, 1.165) is 0 Å². The molecule has 6 heteroatoms. The van der Waals surface area contributed by atoms with Gasteiger partial charge < -0.3 is 4.90 Å². The van der Waals surface area contributed by atoms with E-state index in [1.807, 2.05) is 0 Å². The summed E-state index contributed by atoms with van der Waals surface area (Å²) in [4.78, 5) is 5.82. The molecule has 0 aliphatic carbocycles. The molecular formula is C11H14Cl2IN3. The highest BCUT2D eigenvalue weighted by molar-refractivity contribution is 14.0. The van der Waals surface area contributed by atoms with Crippen molar-refractivity contribution in [1.29, 1.82) is 5.41 Å². The lowest BCUT2D eigenvalue weighted by Crippen LogP contribution is -2.23. The van der Waals surface area contributed by atoms with E-state index in [9.17, 15) is 0 Å². The fraction of sp³-hybridized carbons (Fsp3) is 0.273. The molecule has 1 aromatic carbocycles. The number of benzene rings is 1. The predicted octanol–water partition coefficient (Wildman–Crippen LogP) is 3.57. The minimum Gasteiger partial charge on any atom is -0.365 e. The Kier molecular flexibility index (Phi) is 7.74. The van der Waals surface area contributed by atoms with Crippen molar-refractivity contribution in [2.24, 2.45) is 4.99 Å². The first kappa shape index (κ1) is 16.7. The van der Waals surface area contributed by atoms with Crippen LogP contribution in [0.4, 0.5) is 0 Å². The molecule has 0 aliphatic heterocycles. The van der Waals surface area contributed by atoms with Crippen molar-refractivity contribution in [2.45, 2.75) is 0 Å². The zero-order chi connectivity index (χ0) is 12.1. The van der Waals surface area contributed by atoms with Gasteiger partial charge in [-0.1, -0.05) is 29.3 Å². The average Bonchev–Trinajstić information content (AvgIpc) is 2.22. The van der Waals surface area contributed by atoms with Gasteiger partial charge in [0.15, 0.2) is 0 Å². The fourth-order valence-corrected chi connectivity index (χ4v) is 1.49. The van der Waals surface area contributed by atoms with Crippen LogP contribution in [0.1, 0.15) is 5.56 Å². The van der Waals surface area contributed by atoms with E-state index < -0.39 is 0 Å². The molecule has 0 aromatic heterocycles. The molecular weight excluding hydrogens is 372 g/mol. The maximum absolute atomic E-state index is 7.56. The topological polar surface area (TPSA) is 39.5 Å². The van der Waals surface area contributed by atoms with Crippen LogP contribution in [0.25, 0.3) is 0 Å². The van der Waals surface area contributed by atoms with Crippen LogP contribution in [0.5, 0.6) is 0 Å². The molecule has 0 atom stereocenters. The number of likely N-dealkylation sites (N-methyl/N-ethyl adjacent to an activating group) is 1. The van der Waals surface area contributed by atoms with E-state index >= 15 is 0 Å². The highest BCUT2D eigenvalue weighted by Crippen LogP contribution is 2.22. The van der Waals surface area contributed by atoms with Crippen molar-refractivity contribution in [1.82, 2.24) is 4.90 Å². The zero-order valence-electron chi connectivity index (χ0n) is 9.58. The summed E-state index contributed by atoms with van der Waals surface area (Å²) in [6.07, 6.45) is 1.60. The second kappa shape index (κ2) is 7.89. The van der Waals surface area contributed by atoms with Gasteiger partial charge in [0, 0.05) is 25.9 Å². The van der Waals surface area contributed by atoms with Gasteiger partial charge in [0.25, 0.3) is 0 Å². The van der Waals surface area contributed by atoms with Gasteiger partial charge in [-0.25, -0.2) is 0 Å². The summed E-state index contributed by atoms with van der Waals surface area (Å²) in [6, 6.07) is 5.29. The molecule has 0 aliphatic rings. The molecule has 1 aromatic rings. The van der Waals surface area contributed by atoms with Crippen molar-refractivity contribution in [2.75, 3.05) is 20.6 Å². The number of rotatable bonds is 3. The van der Waals surface area contributed by atoms with Crippen LogP contribution < -0.4 is 0 Å². The first-order chi connectivity index (χ1) is 7.52. The number of amidine groups is 1. The zero-order valence-corrected chi connectivity index (χ0v) is 13.4. The Morgan fingerprint density at radius 3 is 2.35 bits per heavy atom. The summed E-state index contributed by atoms with van der Waals surface area (Å²) >= 11 is 11.9. The molecule has 0 amide bonds. The quantitative estimate of drug-likeness (QED) is 0.482.